The van der Waals surface area contributed by atoms with E-state index in [2.05, 4.69) is 43.4 Å². The first-order valence-electron chi connectivity index (χ1n) is 7.93. The van der Waals surface area contributed by atoms with Gasteiger partial charge in [-0.2, -0.15) is 0 Å². The van der Waals surface area contributed by atoms with E-state index < -0.39 is 0 Å². The molecule has 1 aliphatic carbocycles. The molecule has 0 spiro atoms. The van der Waals surface area contributed by atoms with Crippen molar-refractivity contribution in [1.29, 1.82) is 0 Å². The van der Waals surface area contributed by atoms with Crippen molar-refractivity contribution in [3.05, 3.63) is 76.6 Å². The Bertz CT molecular complexity index is 762. The van der Waals surface area contributed by atoms with Crippen LogP contribution in [0.15, 0.2) is 48.6 Å². The average molecular weight is 293 g/mol. The minimum atomic E-state index is -0.159. The molecule has 0 radical (unpaired) electrons. The Kier molecular flexibility index (Phi) is 3.07. The van der Waals surface area contributed by atoms with Crippen LogP contribution in [-0.4, -0.2) is 0 Å². The lowest BCUT2D eigenvalue weighted by molar-refractivity contribution is 0.423. The highest BCUT2D eigenvalue weighted by atomic mass is 19.1. The van der Waals surface area contributed by atoms with Crippen LogP contribution in [0.1, 0.15) is 40.6 Å². The summed E-state index contributed by atoms with van der Waals surface area (Å²) in [4.78, 5) is 0. The first-order chi connectivity index (χ1) is 10.6. The number of hydrogen-bond donors (Lipinski definition) is 1. The highest BCUT2D eigenvalue weighted by Crippen LogP contribution is 2.50. The lowest BCUT2D eigenvalue weighted by atomic mass is 9.76. The van der Waals surface area contributed by atoms with E-state index in [1.54, 1.807) is 12.1 Å². The molecule has 4 rings (SSSR count). The van der Waals surface area contributed by atoms with Crippen molar-refractivity contribution in [2.75, 3.05) is 5.32 Å². The quantitative estimate of drug-likeness (QED) is 0.706. The summed E-state index contributed by atoms with van der Waals surface area (Å²) in [6.45, 7) is 4.31. The highest BCUT2D eigenvalue weighted by Gasteiger charge is 2.38. The van der Waals surface area contributed by atoms with Crippen molar-refractivity contribution in [3.8, 4) is 0 Å². The molecule has 1 aliphatic heterocycles. The normalized spacial score (nSPS) is 25.5. The summed E-state index contributed by atoms with van der Waals surface area (Å²) in [7, 11) is 0. The average Bonchev–Trinajstić information content (AvgIpc) is 2.96. The van der Waals surface area contributed by atoms with Gasteiger partial charge in [-0.1, -0.05) is 42.0 Å². The van der Waals surface area contributed by atoms with Gasteiger partial charge in [0, 0.05) is 11.6 Å². The number of rotatable bonds is 1. The molecular formula is C20H20FN. The van der Waals surface area contributed by atoms with Gasteiger partial charge in [0.05, 0.1) is 6.04 Å². The summed E-state index contributed by atoms with van der Waals surface area (Å²) in [5, 5.41) is 3.70. The largest absolute Gasteiger partial charge is 0.377 e. The second-order valence-electron chi connectivity index (χ2n) is 6.58. The van der Waals surface area contributed by atoms with E-state index in [0.717, 1.165) is 12.0 Å². The Morgan fingerprint density at radius 1 is 1.14 bits per heavy atom. The van der Waals surface area contributed by atoms with Crippen molar-refractivity contribution < 1.29 is 4.39 Å². The van der Waals surface area contributed by atoms with Crippen LogP contribution in [0.3, 0.4) is 0 Å². The lowest BCUT2D eigenvalue weighted by Gasteiger charge is -2.38. The third-order valence-electron chi connectivity index (χ3n) is 5.02. The van der Waals surface area contributed by atoms with Gasteiger partial charge in [0.2, 0.25) is 0 Å². The van der Waals surface area contributed by atoms with Crippen LogP contribution < -0.4 is 5.32 Å². The molecule has 0 aromatic heterocycles. The Labute approximate surface area is 130 Å². The maximum Gasteiger partial charge on any atom is 0.123 e. The molecule has 3 atom stereocenters. The molecule has 2 aromatic carbocycles. The standard InChI is InChI=1S/C20H20FN/c1-12-9-13(2)19-18(10-12)16-7-4-8-17(16)20(22-19)14-5-3-6-15(21)11-14/h3-7,9-11,16-17,20,22H,8H2,1-2H3/t16-,17+,20+/m1/s1. The molecule has 112 valence electrons. The molecule has 1 nitrogen and oxygen atoms in total. The number of nitrogens with one attached hydrogen (secondary N) is 1. The van der Waals surface area contributed by atoms with E-state index in [9.17, 15) is 4.39 Å². The Morgan fingerprint density at radius 3 is 2.82 bits per heavy atom. The van der Waals surface area contributed by atoms with E-state index in [4.69, 9.17) is 0 Å². The van der Waals surface area contributed by atoms with Gasteiger partial charge >= 0.3 is 0 Å². The third-order valence-corrected chi connectivity index (χ3v) is 5.02. The number of fused-ring (bicyclic) bond motifs is 3. The van der Waals surface area contributed by atoms with Gasteiger partial charge in [-0.25, -0.2) is 4.39 Å². The molecule has 0 fully saturated rings. The zero-order chi connectivity index (χ0) is 15.3. The van der Waals surface area contributed by atoms with Gasteiger partial charge in [-0.15, -0.1) is 0 Å². The Hall–Kier alpha value is -2.09. The van der Waals surface area contributed by atoms with Crippen LogP contribution in [0.2, 0.25) is 0 Å². The van der Waals surface area contributed by atoms with E-state index in [-0.39, 0.29) is 11.9 Å². The van der Waals surface area contributed by atoms with E-state index in [0.29, 0.717) is 11.8 Å². The van der Waals surface area contributed by atoms with Crippen LogP contribution in [0, 0.1) is 25.6 Å². The SMILES string of the molecule is Cc1cc(C)c2c(c1)[C@@H]1C=CC[C@@H]1[C@H](c1cccc(F)c1)N2. The van der Waals surface area contributed by atoms with Crippen molar-refractivity contribution in [3.63, 3.8) is 0 Å². The monoisotopic (exact) mass is 293 g/mol. The predicted octanol–water partition coefficient (Wildman–Crippen LogP) is 5.27. The van der Waals surface area contributed by atoms with Crippen molar-refractivity contribution in [2.45, 2.75) is 32.2 Å². The molecule has 1 N–H and O–H groups in total. The number of benzene rings is 2. The minimum absolute atomic E-state index is 0.159. The molecule has 0 saturated carbocycles. The minimum Gasteiger partial charge on any atom is -0.377 e. The topological polar surface area (TPSA) is 12.0 Å². The van der Waals surface area contributed by atoms with E-state index in [1.807, 2.05) is 6.07 Å². The number of allylic oxidation sites excluding steroid dienone is 2. The molecule has 2 aromatic rings. The van der Waals surface area contributed by atoms with Crippen molar-refractivity contribution in [1.82, 2.24) is 0 Å². The molecule has 1 heterocycles. The van der Waals surface area contributed by atoms with Gasteiger partial charge < -0.3 is 5.32 Å². The van der Waals surface area contributed by atoms with E-state index >= 15 is 0 Å². The van der Waals surface area contributed by atoms with Crippen molar-refractivity contribution >= 4 is 5.69 Å². The summed E-state index contributed by atoms with van der Waals surface area (Å²) in [6.07, 6.45) is 5.65. The molecule has 2 aliphatic rings. The molecule has 0 amide bonds. The van der Waals surface area contributed by atoms with Gasteiger partial charge in [0.25, 0.3) is 0 Å². The second-order valence-corrected chi connectivity index (χ2v) is 6.58. The summed E-state index contributed by atoms with van der Waals surface area (Å²) in [5.41, 5.74) is 6.25. The fourth-order valence-corrected chi connectivity index (χ4v) is 4.10. The second kappa shape index (κ2) is 4.98. The molecule has 0 saturated heterocycles. The summed E-state index contributed by atoms with van der Waals surface area (Å²) < 4.78 is 13.7. The third kappa shape index (κ3) is 2.06. The zero-order valence-electron chi connectivity index (χ0n) is 12.9. The van der Waals surface area contributed by atoms with Crippen LogP contribution in [-0.2, 0) is 0 Å². The van der Waals surface area contributed by atoms with Gasteiger partial charge in [-0.05, 0) is 55.0 Å². The number of aryl methyl sites for hydroxylation is 2. The first kappa shape index (κ1) is 13.6. The molecule has 0 unspecified atom stereocenters. The molecule has 22 heavy (non-hydrogen) atoms. The number of hydrogen-bond acceptors (Lipinski definition) is 1. The first-order valence-corrected chi connectivity index (χ1v) is 7.93. The number of anilines is 1. The molecule has 0 bridgehead atoms. The van der Waals surface area contributed by atoms with Crippen LogP contribution in [0.5, 0.6) is 0 Å². The highest BCUT2D eigenvalue weighted by molar-refractivity contribution is 5.65. The van der Waals surface area contributed by atoms with Crippen LogP contribution in [0.25, 0.3) is 0 Å². The van der Waals surface area contributed by atoms with Gasteiger partial charge in [0.15, 0.2) is 0 Å². The summed E-state index contributed by atoms with van der Waals surface area (Å²) >= 11 is 0. The van der Waals surface area contributed by atoms with Crippen LogP contribution in [0.4, 0.5) is 10.1 Å². The van der Waals surface area contributed by atoms with Gasteiger partial charge in [-0.3, -0.25) is 0 Å². The zero-order valence-corrected chi connectivity index (χ0v) is 12.9. The van der Waals surface area contributed by atoms with Crippen molar-refractivity contribution in [2.24, 2.45) is 5.92 Å². The fourth-order valence-electron chi connectivity index (χ4n) is 4.10. The van der Waals surface area contributed by atoms with Crippen LogP contribution >= 0.6 is 0 Å². The Morgan fingerprint density at radius 2 is 2.00 bits per heavy atom. The number of halogens is 1. The maximum atomic E-state index is 13.7. The summed E-state index contributed by atoms with van der Waals surface area (Å²) in [6, 6.07) is 11.7. The predicted molar refractivity (Wildman–Crippen MR) is 88.7 cm³/mol. The maximum absolute atomic E-state index is 13.7. The fraction of sp³-hybridized carbons (Fsp3) is 0.300. The van der Waals surface area contributed by atoms with Gasteiger partial charge in [0.1, 0.15) is 5.82 Å². The molecule has 2 heteroatoms. The lowest BCUT2D eigenvalue weighted by Crippen LogP contribution is -2.29. The molecular weight excluding hydrogens is 273 g/mol. The summed E-state index contributed by atoms with van der Waals surface area (Å²) in [5.74, 6) is 0.742. The Balaban J connectivity index is 1.84. The smallest absolute Gasteiger partial charge is 0.123 e. The van der Waals surface area contributed by atoms with E-state index in [1.165, 1.54) is 28.4 Å².